The summed E-state index contributed by atoms with van der Waals surface area (Å²) >= 11 is 0.810. The number of anilines is 1. The summed E-state index contributed by atoms with van der Waals surface area (Å²) in [5.41, 5.74) is 2.28. The van der Waals surface area contributed by atoms with Crippen molar-refractivity contribution in [1.29, 1.82) is 0 Å². The quantitative estimate of drug-likeness (QED) is 0.106. The Morgan fingerprint density at radius 1 is 1.17 bits per heavy atom. The summed E-state index contributed by atoms with van der Waals surface area (Å²) in [6.07, 6.45) is 6.01. The van der Waals surface area contributed by atoms with Gasteiger partial charge in [-0.15, -0.1) is 0 Å². The number of hydrogen-bond acceptors (Lipinski definition) is 11. The molecule has 2 aromatic rings. The van der Waals surface area contributed by atoms with Crippen LogP contribution in [0.25, 0.3) is 0 Å². The number of ether oxygens (including phenoxy) is 2. The van der Waals surface area contributed by atoms with Crippen molar-refractivity contribution < 1.29 is 51.9 Å². The lowest BCUT2D eigenvalue weighted by Gasteiger charge is -2.20. The number of quaternary nitrogens is 1. The summed E-state index contributed by atoms with van der Waals surface area (Å²) in [7, 11) is -4.67. The number of carboxylic acids is 1. The molecule has 2 aromatic carbocycles. The van der Waals surface area contributed by atoms with Crippen LogP contribution in [0.4, 0.5) is 11.4 Å². The molecule has 0 saturated heterocycles. The van der Waals surface area contributed by atoms with Crippen LogP contribution in [0.15, 0.2) is 69.8 Å². The number of rotatable bonds is 14. The monoisotopic (exact) mass is 607 g/mol. The lowest BCUT2D eigenvalue weighted by Crippen LogP contribution is -3.09. The van der Waals surface area contributed by atoms with E-state index < -0.39 is 16.1 Å². The minimum Gasteiger partial charge on any atom is -0.744 e. The number of hydrogen-bond donors (Lipinski definition) is 2. The second-order valence-electron chi connectivity index (χ2n) is 9.41. The minimum atomic E-state index is -4.67. The molecule has 2 N–H and O–H groups in total. The van der Waals surface area contributed by atoms with Gasteiger partial charge >= 0.3 is 5.97 Å². The third-order valence-corrected chi connectivity index (χ3v) is 8.18. The zero-order valence-electron chi connectivity index (χ0n) is 22.5. The first kappa shape index (κ1) is 30.8. The van der Waals surface area contributed by atoms with Gasteiger partial charge in [-0.25, -0.2) is 8.42 Å². The molecule has 0 spiro atoms. The Hall–Kier alpha value is -3.11. The van der Waals surface area contributed by atoms with Gasteiger partial charge in [-0.2, -0.15) is 4.33 Å². The number of carboxylic acid groups (broad SMARTS) is 1. The SMILES string of the molecule is CCC(/C=C1\Oc2ccc(S(=O)(=O)[O-])cc2N1CCCCCC(=O)O)=C\C1Oc2ccc(SOO[O-])cc2[NH+]1CC. The molecule has 14 heteroatoms. The molecule has 0 amide bonds. The summed E-state index contributed by atoms with van der Waals surface area (Å²) in [5, 5.41) is 22.6. The normalized spacial score (nSPS) is 19.2. The maximum atomic E-state index is 11.7. The number of aliphatic carboxylic acids is 1. The molecule has 0 saturated carbocycles. The number of fused-ring (bicyclic) bond motifs is 2. The van der Waals surface area contributed by atoms with Gasteiger partial charge < -0.3 is 29.3 Å². The average molecular weight is 608 g/mol. The maximum Gasteiger partial charge on any atom is 0.303 e. The van der Waals surface area contributed by atoms with Crippen LogP contribution < -0.4 is 24.5 Å². The Labute approximate surface area is 242 Å². The van der Waals surface area contributed by atoms with E-state index in [1.807, 2.05) is 43.0 Å². The first-order valence-corrected chi connectivity index (χ1v) is 15.3. The van der Waals surface area contributed by atoms with E-state index in [1.165, 1.54) is 18.2 Å². The van der Waals surface area contributed by atoms with Gasteiger partial charge in [0.15, 0.2) is 17.2 Å². The van der Waals surface area contributed by atoms with Crippen LogP contribution in [-0.4, -0.2) is 43.4 Å². The number of allylic oxidation sites excluding steroid dienone is 2. The van der Waals surface area contributed by atoms with Crippen LogP contribution in [0.3, 0.4) is 0 Å². The van der Waals surface area contributed by atoms with E-state index in [4.69, 9.17) is 14.6 Å². The van der Waals surface area contributed by atoms with E-state index in [-0.39, 0.29) is 17.5 Å². The molecule has 0 radical (unpaired) electrons. The second kappa shape index (κ2) is 13.7. The Bertz CT molecular complexity index is 1430. The van der Waals surface area contributed by atoms with E-state index in [0.717, 1.165) is 28.2 Å². The van der Waals surface area contributed by atoms with Crippen molar-refractivity contribution in [3.05, 3.63) is 60.0 Å². The first-order valence-electron chi connectivity index (χ1n) is 13.1. The van der Waals surface area contributed by atoms with Crippen LogP contribution in [0.1, 0.15) is 46.0 Å². The van der Waals surface area contributed by atoms with Gasteiger partial charge in [-0.05, 0) is 62.1 Å². The Balaban J connectivity index is 1.60. The fraction of sp³-hybridized carbons (Fsp3) is 0.370. The molecule has 12 nitrogen and oxygen atoms in total. The van der Waals surface area contributed by atoms with Gasteiger partial charge in [0.05, 0.1) is 29.2 Å². The topological polar surface area (TPSA) is 162 Å². The van der Waals surface area contributed by atoms with Crippen LogP contribution in [0.5, 0.6) is 11.5 Å². The fourth-order valence-electron chi connectivity index (χ4n) is 4.77. The molecule has 2 heterocycles. The lowest BCUT2D eigenvalue weighted by molar-refractivity contribution is -0.860. The van der Waals surface area contributed by atoms with Crippen molar-refractivity contribution in [1.82, 2.24) is 0 Å². The van der Waals surface area contributed by atoms with E-state index >= 15 is 0 Å². The highest BCUT2D eigenvalue weighted by molar-refractivity contribution is 7.94. The molecule has 0 fully saturated rings. The molecule has 0 bridgehead atoms. The van der Waals surface area contributed by atoms with Gasteiger partial charge in [0.1, 0.15) is 10.1 Å². The number of benzene rings is 2. The molecule has 0 aliphatic carbocycles. The molecule has 2 aliphatic rings. The molecule has 222 valence electrons. The highest BCUT2D eigenvalue weighted by atomic mass is 32.2. The predicted octanol–water partition coefficient (Wildman–Crippen LogP) is 2.80. The molecule has 4 rings (SSSR count). The zero-order chi connectivity index (χ0) is 29.6. The molecule has 2 unspecified atom stereocenters. The second-order valence-corrected chi connectivity index (χ2v) is 11.6. The molecular weight excluding hydrogens is 576 g/mol. The first-order chi connectivity index (χ1) is 19.6. The van der Waals surface area contributed by atoms with E-state index in [2.05, 4.69) is 9.37 Å². The third kappa shape index (κ3) is 7.60. The number of nitrogens with zero attached hydrogens (tertiary/aromatic N) is 1. The van der Waals surface area contributed by atoms with Gasteiger partial charge in [0.2, 0.25) is 5.88 Å². The maximum absolute atomic E-state index is 11.7. The highest BCUT2D eigenvalue weighted by Gasteiger charge is 2.35. The predicted molar refractivity (Wildman–Crippen MR) is 145 cm³/mol. The average Bonchev–Trinajstić information content (AvgIpc) is 3.46. The van der Waals surface area contributed by atoms with Crippen LogP contribution in [0.2, 0.25) is 0 Å². The van der Waals surface area contributed by atoms with Crippen molar-refractivity contribution in [3.63, 3.8) is 0 Å². The molecular formula is C27H31N2O10S2-. The molecule has 2 aliphatic heterocycles. The summed E-state index contributed by atoms with van der Waals surface area (Å²) in [4.78, 5) is 14.1. The summed E-state index contributed by atoms with van der Waals surface area (Å²) in [6.45, 7) is 5.17. The Morgan fingerprint density at radius 3 is 2.63 bits per heavy atom. The van der Waals surface area contributed by atoms with Crippen molar-refractivity contribution in [3.8, 4) is 11.5 Å². The molecule has 41 heavy (non-hydrogen) atoms. The van der Waals surface area contributed by atoms with Crippen molar-refractivity contribution in [2.45, 2.75) is 62.0 Å². The van der Waals surface area contributed by atoms with Gasteiger partial charge in [0, 0.05) is 36.1 Å². The third-order valence-electron chi connectivity index (χ3n) is 6.78. The smallest absolute Gasteiger partial charge is 0.303 e. The lowest BCUT2D eigenvalue weighted by atomic mass is 10.1. The van der Waals surface area contributed by atoms with E-state index in [1.54, 1.807) is 6.07 Å². The fourth-order valence-corrected chi connectivity index (χ4v) is 5.66. The van der Waals surface area contributed by atoms with E-state index in [0.29, 0.717) is 66.7 Å². The summed E-state index contributed by atoms with van der Waals surface area (Å²) in [6, 6.07) is 9.44. The van der Waals surface area contributed by atoms with E-state index in [9.17, 15) is 23.0 Å². The molecule has 0 aromatic heterocycles. The number of likely N-dealkylation sites (N-methyl/N-ethyl adjacent to an activating group) is 1. The van der Waals surface area contributed by atoms with Crippen molar-refractivity contribution in [2.24, 2.45) is 0 Å². The Kier molecular flexibility index (Phi) is 10.3. The van der Waals surface area contributed by atoms with Crippen molar-refractivity contribution in [2.75, 3.05) is 18.0 Å². The van der Waals surface area contributed by atoms with Crippen LogP contribution >= 0.6 is 12.0 Å². The summed E-state index contributed by atoms with van der Waals surface area (Å²) in [5.74, 6) is 0.735. The van der Waals surface area contributed by atoms with Crippen LogP contribution in [-0.2, 0) is 24.3 Å². The van der Waals surface area contributed by atoms with Gasteiger partial charge in [0.25, 0.3) is 6.23 Å². The summed E-state index contributed by atoms with van der Waals surface area (Å²) < 4.78 is 51.8. The number of unbranched alkanes of at least 4 members (excludes halogenated alkanes) is 2. The number of nitrogens with one attached hydrogen (secondary N) is 1. The molecule has 2 atom stereocenters. The van der Waals surface area contributed by atoms with Crippen LogP contribution in [0, 0.1) is 0 Å². The van der Waals surface area contributed by atoms with Crippen molar-refractivity contribution >= 4 is 39.5 Å². The number of carbonyl (C=O) groups is 1. The minimum absolute atomic E-state index is 0.0662. The Morgan fingerprint density at radius 2 is 1.95 bits per heavy atom. The zero-order valence-corrected chi connectivity index (χ0v) is 24.2. The highest BCUT2D eigenvalue weighted by Crippen LogP contribution is 2.41. The standard InChI is InChI=1S/C27H32N2O10S2/c1-3-18(14-25-28(4-2)21-16-19(40-39-38-32)9-11-23(21)36-25)15-26-29(13-7-5-6-8-27(30)31)22-17-20(41(33,34)35)10-12-24(22)37-26/h9-12,14-17,25,32H,3-8,13H2,1-2H3,(H,30,31)(H,33,34,35)/p-1/b18-14+,26-15-. The largest absolute Gasteiger partial charge is 0.744 e. The van der Waals surface area contributed by atoms with Gasteiger partial charge in [-0.3, -0.25) is 14.7 Å². The van der Waals surface area contributed by atoms with Gasteiger partial charge in [-0.1, -0.05) is 13.3 Å².